The van der Waals surface area contributed by atoms with Crippen molar-refractivity contribution in [2.45, 2.75) is 24.4 Å². The van der Waals surface area contributed by atoms with E-state index in [9.17, 15) is 4.79 Å². The Hall–Kier alpha value is -2.80. The normalized spacial score (nSPS) is 16.4. The Labute approximate surface area is 168 Å². The average Bonchev–Trinajstić information content (AvgIpc) is 3.40. The van der Waals surface area contributed by atoms with Crippen LogP contribution in [0.25, 0.3) is 11.6 Å². The molecule has 0 bridgehead atoms. The second-order valence-electron chi connectivity index (χ2n) is 6.74. The molecule has 1 amide bonds. The van der Waals surface area contributed by atoms with Crippen LogP contribution in [0.1, 0.15) is 22.5 Å². The summed E-state index contributed by atoms with van der Waals surface area (Å²) >= 11 is 1.46. The highest BCUT2D eigenvalue weighted by Gasteiger charge is 2.30. The predicted octanol–water partition coefficient (Wildman–Crippen LogP) is 4.09. The molecule has 1 aliphatic heterocycles. The van der Waals surface area contributed by atoms with Crippen molar-refractivity contribution in [2.75, 3.05) is 24.7 Å². The Morgan fingerprint density at radius 1 is 1.21 bits per heavy atom. The van der Waals surface area contributed by atoms with Gasteiger partial charge >= 0.3 is 0 Å². The van der Waals surface area contributed by atoms with Crippen molar-refractivity contribution in [3.8, 4) is 11.6 Å². The highest BCUT2D eigenvalue weighted by molar-refractivity contribution is 7.98. The molecule has 28 heavy (non-hydrogen) atoms. The molecule has 0 unspecified atom stereocenters. The summed E-state index contributed by atoms with van der Waals surface area (Å²) in [5, 5.41) is 4.19. The Bertz CT molecular complexity index is 960. The van der Waals surface area contributed by atoms with E-state index in [-0.39, 0.29) is 11.9 Å². The summed E-state index contributed by atoms with van der Waals surface area (Å²) in [6, 6.07) is 14.0. The highest BCUT2D eigenvalue weighted by Crippen LogP contribution is 2.27. The molecule has 3 aromatic rings. The van der Waals surface area contributed by atoms with Crippen LogP contribution in [-0.2, 0) is 0 Å². The quantitative estimate of drug-likeness (QED) is 0.519. The Morgan fingerprint density at radius 3 is 2.75 bits per heavy atom. The molecule has 1 aromatic carbocycles. The molecular weight excluding hydrogens is 372 g/mol. The fourth-order valence-electron chi connectivity index (χ4n) is 3.45. The molecule has 1 saturated heterocycles. The van der Waals surface area contributed by atoms with Crippen molar-refractivity contribution >= 4 is 23.4 Å². The van der Waals surface area contributed by atoms with Crippen LogP contribution in [0.15, 0.2) is 58.2 Å². The fourth-order valence-corrected chi connectivity index (χ4v) is 4.06. The maximum Gasteiger partial charge on any atom is 0.258 e. The summed E-state index contributed by atoms with van der Waals surface area (Å²) in [7, 11) is 0. The van der Waals surface area contributed by atoms with Gasteiger partial charge in [-0.05, 0) is 43.9 Å². The van der Waals surface area contributed by atoms with Crippen LogP contribution < -0.4 is 5.32 Å². The SMILES string of the molecule is CSc1nc(-c2ccco2)nc(C)c1C(=O)N1CC[C@@H](Nc2ccccc2)C1. The van der Waals surface area contributed by atoms with E-state index in [2.05, 4.69) is 15.3 Å². The van der Waals surface area contributed by atoms with Gasteiger partial charge in [0.1, 0.15) is 5.03 Å². The number of carbonyl (C=O) groups excluding carboxylic acids is 1. The molecule has 1 N–H and O–H groups in total. The van der Waals surface area contributed by atoms with E-state index >= 15 is 0 Å². The number of likely N-dealkylation sites (tertiary alicyclic amines) is 1. The average molecular weight is 395 g/mol. The van der Waals surface area contributed by atoms with Gasteiger partial charge in [-0.15, -0.1) is 11.8 Å². The van der Waals surface area contributed by atoms with Crippen molar-refractivity contribution in [1.29, 1.82) is 0 Å². The van der Waals surface area contributed by atoms with E-state index in [1.54, 1.807) is 12.3 Å². The van der Waals surface area contributed by atoms with Gasteiger partial charge in [-0.2, -0.15) is 0 Å². The zero-order valence-corrected chi connectivity index (χ0v) is 16.7. The lowest BCUT2D eigenvalue weighted by Crippen LogP contribution is -2.32. The lowest BCUT2D eigenvalue weighted by molar-refractivity contribution is 0.0786. The smallest absolute Gasteiger partial charge is 0.258 e. The minimum absolute atomic E-state index is 0.00907. The first-order valence-electron chi connectivity index (χ1n) is 9.23. The minimum atomic E-state index is -0.00907. The largest absolute Gasteiger partial charge is 0.461 e. The van der Waals surface area contributed by atoms with Crippen LogP contribution in [-0.4, -0.2) is 46.2 Å². The standard InChI is InChI=1S/C21H22N4O2S/c1-14-18(20(28-2)24-19(22-14)17-9-6-12-27-17)21(26)25-11-10-16(13-25)23-15-7-4-3-5-8-15/h3-9,12,16,23H,10-11,13H2,1-2H3/t16-/m1/s1. The molecule has 7 heteroatoms. The third-order valence-electron chi connectivity index (χ3n) is 4.83. The molecule has 2 aromatic heterocycles. The van der Waals surface area contributed by atoms with Gasteiger partial charge in [-0.25, -0.2) is 9.97 Å². The lowest BCUT2D eigenvalue weighted by atomic mass is 10.2. The molecule has 1 fully saturated rings. The second-order valence-corrected chi connectivity index (χ2v) is 7.54. The fraction of sp³-hybridized carbons (Fsp3) is 0.286. The first-order valence-corrected chi connectivity index (χ1v) is 10.5. The Balaban J connectivity index is 1.53. The van der Waals surface area contributed by atoms with E-state index in [1.807, 2.05) is 54.5 Å². The van der Waals surface area contributed by atoms with Crippen LogP contribution in [0.2, 0.25) is 0 Å². The molecule has 144 valence electrons. The van der Waals surface area contributed by atoms with Crippen LogP contribution >= 0.6 is 11.8 Å². The van der Waals surface area contributed by atoms with Crippen molar-refractivity contribution in [3.63, 3.8) is 0 Å². The van der Waals surface area contributed by atoms with E-state index in [4.69, 9.17) is 4.42 Å². The van der Waals surface area contributed by atoms with E-state index in [1.165, 1.54) is 11.8 Å². The van der Waals surface area contributed by atoms with Crippen molar-refractivity contribution in [3.05, 3.63) is 60.0 Å². The van der Waals surface area contributed by atoms with Crippen LogP contribution in [0, 0.1) is 6.92 Å². The number of furan rings is 1. The van der Waals surface area contributed by atoms with Crippen LogP contribution in [0.5, 0.6) is 0 Å². The predicted molar refractivity (Wildman–Crippen MR) is 111 cm³/mol. The van der Waals surface area contributed by atoms with Gasteiger partial charge in [0.25, 0.3) is 5.91 Å². The van der Waals surface area contributed by atoms with E-state index in [0.29, 0.717) is 34.4 Å². The zero-order chi connectivity index (χ0) is 19.5. The molecule has 1 atom stereocenters. The number of carbonyl (C=O) groups is 1. The monoisotopic (exact) mass is 394 g/mol. The molecule has 0 aliphatic carbocycles. The van der Waals surface area contributed by atoms with Gasteiger partial charge < -0.3 is 14.6 Å². The van der Waals surface area contributed by atoms with Crippen molar-refractivity contribution < 1.29 is 9.21 Å². The van der Waals surface area contributed by atoms with Gasteiger partial charge in [-0.3, -0.25) is 4.79 Å². The Morgan fingerprint density at radius 2 is 2.04 bits per heavy atom. The molecule has 6 nitrogen and oxygen atoms in total. The Kier molecular flexibility index (Phi) is 5.34. The van der Waals surface area contributed by atoms with Gasteiger partial charge in [0.05, 0.1) is 17.5 Å². The molecule has 4 rings (SSSR count). The van der Waals surface area contributed by atoms with E-state index < -0.39 is 0 Å². The molecule has 0 saturated carbocycles. The number of thioether (sulfide) groups is 1. The second kappa shape index (κ2) is 8.06. The number of anilines is 1. The van der Waals surface area contributed by atoms with Crippen LogP contribution in [0.4, 0.5) is 5.69 Å². The number of rotatable bonds is 5. The minimum Gasteiger partial charge on any atom is -0.461 e. The number of para-hydroxylation sites is 1. The molecule has 3 heterocycles. The van der Waals surface area contributed by atoms with Crippen LogP contribution in [0.3, 0.4) is 0 Å². The number of aromatic nitrogens is 2. The zero-order valence-electron chi connectivity index (χ0n) is 15.9. The van der Waals surface area contributed by atoms with Gasteiger partial charge in [-0.1, -0.05) is 18.2 Å². The summed E-state index contributed by atoms with van der Waals surface area (Å²) in [5.74, 6) is 1.10. The number of hydrogen-bond acceptors (Lipinski definition) is 6. The summed E-state index contributed by atoms with van der Waals surface area (Å²) in [5.41, 5.74) is 2.34. The van der Waals surface area contributed by atoms with Crippen molar-refractivity contribution in [1.82, 2.24) is 14.9 Å². The summed E-state index contributed by atoms with van der Waals surface area (Å²) in [4.78, 5) is 24.2. The molecule has 0 radical (unpaired) electrons. The third-order valence-corrected chi connectivity index (χ3v) is 5.51. The lowest BCUT2D eigenvalue weighted by Gasteiger charge is -2.20. The molecule has 1 aliphatic rings. The molecule has 0 spiro atoms. The maximum absolute atomic E-state index is 13.2. The number of nitrogens with one attached hydrogen (secondary N) is 1. The number of hydrogen-bond donors (Lipinski definition) is 1. The van der Waals surface area contributed by atoms with Gasteiger partial charge in [0, 0.05) is 24.8 Å². The number of amides is 1. The third kappa shape index (κ3) is 3.75. The number of benzene rings is 1. The molecular formula is C21H22N4O2S. The maximum atomic E-state index is 13.2. The summed E-state index contributed by atoms with van der Waals surface area (Å²) in [6.07, 6.45) is 4.43. The van der Waals surface area contributed by atoms with E-state index in [0.717, 1.165) is 18.7 Å². The van der Waals surface area contributed by atoms with Gasteiger partial charge in [0.2, 0.25) is 0 Å². The van der Waals surface area contributed by atoms with Gasteiger partial charge in [0.15, 0.2) is 11.6 Å². The summed E-state index contributed by atoms with van der Waals surface area (Å²) < 4.78 is 5.41. The highest BCUT2D eigenvalue weighted by atomic mass is 32.2. The first kappa shape index (κ1) is 18.6. The first-order chi connectivity index (χ1) is 13.7. The van der Waals surface area contributed by atoms with Crippen molar-refractivity contribution in [2.24, 2.45) is 0 Å². The topological polar surface area (TPSA) is 71.3 Å². The number of nitrogens with zero attached hydrogens (tertiary/aromatic N) is 3. The summed E-state index contributed by atoms with van der Waals surface area (Å²) in [6.45, 7) is 3.24. The number of aryl methyl sites for hydroxylation is 1.